The van der Waals surface area contributed by atoms with Crippen molar-refractivity contribution in [1.82, 2.24) is 10.6 Å². The molecule has 37 heavy (non-hydrogen) atoms. The summed E-state index contributed by atoms with van der Waals surface area (Å²) in [5.41, 5.74) is 2.78. The number of hydrogen-bond donors (Lipinski definition) is 6. The van der Waals surface area contributed by atoms with E-state index >= 15 is 0 Å². The third-order valence-corrected chi connectivity index (χ3v) is 8.50. The Morgan fingerprint density at radius 3 is 2.54 bits per heavy atom. The number of hydrogen-bond acceptors (Lipinski definition) is 7. The number of benzene rings is 2. The lowest BCUT2D eigenvalue weighted by Crippen LogP contribution is -2.49. The minimum absolute atomic E-state index is 0.309. The van der Waals surface area contributed by atoms with Gasteiger partial charge in [-0.25, -0.2) is 0 Å². The Hall–Kier alpha value is -2.30. The quantitative estimate of drug-likeness (QED) is 0.207. The highest BCUT2D eigenvalue weighted by Crippen LogP contribution is 2.50. The zero-order valence-electron chi connectivity index (χ0n) is 22.3. The van der Waals surface area contributed by atoms with Crippen molar-refractivity contribution in [1.29, 1.82) is 0 Å². The van der Waals surface area contributed by atoms with Gasteiger partial charge in [0.15, 0.2) is 0 Å². The molecule has 1 amide bonds. The number of anilines is 2. The third kappa shape index (κ3) is 8.90. The normalized spacial score (nSPS) is 17.8. The summed E-state index contributed by atoms with van der Waals surface area (Å²) in [5, 5.41) is 20.7. The standard InChI is InChI=1S/C28H44N4O4S/c1-4-30-24-17-23(18-25(19-24)32-14-8-9-15-37(32,35)36)28(34)31-26(16-22-10-6-5-7-11-22)27(33)20-29-13-12-21(2)3/h5-7,10-11,17-19,21,26-27,29-30,33,35-36H,4,8-9,12-16,20H2,1-3H3,(H,31,34)/t26-,27+/m0/s1. The van der Waals surface area contributed by atoms with E-state index in [2.05, 4.69) is 29.8 Å². The van der Waals surface area contributed by atoms with E-state index in [4.69, 9.17) is 0 Å². The molecule has 1 aliphatic rings. The van der Waals surface area contributed by atoms with Crippen molar-refractivity contribution in [2.24, 2.45) is 5.92 Å². The smallest absolute Gasteiger partial charge is 0.251 e. The second kappa shape index (κ2) is 14.0. The second-order valence-corrected chi connectivity index (χ2v) is 12.3. The zero-order chi connectivity index (χ0) is 26.8. The van der Waals surface area contributed by atoms with Crippen molar-refractivity contribution in [3.05, 3.63) is 59.7 Å². The molecule has 0 aliphatic carbocycles. The molecule has 1 heterocycles. The van der Waals surface area contributed by atoms with E-state index < -0.39 is 22.9 Å². The van der Waals surface area contributed by atoms with Gasteiger partial charge in [-0.3, -0.25) is 18.2 Å². The zero-order valence-corrected chi connectivity index (χ0v) is 23.1. The summed E-state index contributed by atoms with van der Waals surface area (Å²) >= 11 is 0. The first kappa shape index (κ1) is 29.3. The van der Waals surface area contributed by atoms with Crippen LogP contribution in [0.5, 0.6) is 0 Å². The topological polar surface area (TPSA) is 117 Å². The van der Waals surface area contributed by atoms with Gasteiger partial charge < -0.3 is 21.1 Å². The lowest BCUT2D eigenvalue weighted by Gasteiger charge is -2.47. The van der Waals surface area contributed by atoms with Gasteiger partial charge in [0.2, 0.25) is 0 Å². The maximum atomic E-state index is 13.5. The summed E-state index contributed by atoms with van der Waals surface area (Å²) in [7, 11) is -2.92. The van der Waals surface area contributed by atoms with Crippen LogP contribution in [-0.4, -0.2) is 64.2 Å². The van der Waals surface area contributed by atoms with Crippen LogP contribution in [0.25, 0.3) is 0 Å². The number of carbonyl (C=O) groups is 1. The first-order valence-electron chi connectivity index (χ1n) is 13.4. The predicted molar refractivity (Wildman–Crippen MR) is 155 cm³/mol. The molecule has 2 atom stereocenters. The molecule has 0 spiro atoms. The van der Waals surface area contributed by atoms with Gasteiger partial charge in [-0.2, -0.15) is 0 Å². The average molecular weight is 533 g/mol. The highest BCUT2D eigenvalue weighted by molar-refractivity contribution is 8.25. The molecule has 2 aromatic carbocycles. The Morgan fingerprint density at radius 1 is 1.11 bits per heavy atom. The van der Waals surface area contributed by atoms with Crippen LogP contribution in [0.15, 0.2) is 48.5 Å². The molecule has 3 rings (SSSR count). The maximum absolute atomic E-state index is 13.5. The summed E-state index contributed by atoms with van der Waals surface area (Å²) < 4.78 is 23.0. The number of amides is 1. The van der Waals surface area contributed by atoms with E-state index in [-0.39, 0.29) is 5.91 Å². The fourth-order valence-corrected chi connectivity index (χ4v) is 6.16. The Morgan fingerprint density at radius 2 is 1.86 bits per heavy atom. The minimum Gasteiger partial charge on any atom is -0.390 e. The minimum atomic E-state index is -2.92. The van der Waals surface area contributed by atoms with E-state index in [1.54, 1.807) is 16.4 Å². The monoisotopic (exact) mass is 532 g/mol. The summed E-state index contributed by atoms with van der Waals surface area (Å²) in [4.78, 5) is 13.5. The predicted octanol–water partition coefficient (Wildman–Crippen LogP) is 4.72. The number of nitrogens with one attached hydrogen (secondary N) is 3. The number of rotatable bonds is 13. The molecule has 0 saturated carbocycles. The molecule has 0 aromatic heterocycles. The van der Waals surface area contributed by atoms with Crippen molar-refractivity contribution in [2.75, 3.05) is 41.6 Å². The van der Waals surface area contributed by atoms with Gasteiger partial charge in [0, 0.05) is 30.9 Å². The Balaban J connectivity index is 1.81. The number of aliphatic hydroxyl groups excluding tert-OH is 1. The van der Waals surface area contributed by atoms with Crippen molar-refractivity contribution in [3.8, 4) is 0 Å². The van der Waals surface area contributed by atoms with Gasteiger partial charge >= 0.3 is 0 Å². The van der Waals surface area contributed by atoms with Gasteiger partial charge in [0.1, 0.15) is 0 Å². The van der Waals surface area contributed by atoms with Crippen molar-refractivity contribution < 1.29 is 19.0 Å². The molecule has 1 saturated heterocycles. The first-order valence-corrected chi connectivity index (χ1v) is 15.0. The van der Waals surface area contributed by atoms with Crippen molar-refractivity contribution >= 4 is 28.1 Å². The highest BCUT2D eigenvalue weighted by Gasteiger charge is 2.28. The summed E-state index contributed by atoms with van der Waals surface area (Å²) in [6, 6.07) is 14.7. The van der Waals surface area contributed by atoms with E-state index in [0.717, 1.165) is 37.1 Å². The third-order valence-electron chi connectivity index (χ3n) is 6.56. The largest absolute Gasteiger partial charge is 0.390 e. The van der Waals surface area contributed by atoms with Gasteiger partial charge in [0.05, 0.1) is 23.6 Å². The molecule has 0 radical (unpaired) electrons. The second-order valence-electron chi connectivity index (χ2n) is 10.2. The molecule has 1 fully saturated rings. The Kier molecular flexibility index (Phi) is 11.1. The molecule has 8 nitrogen and oxygen atoms in total. The van der Waals surface area contributed by atoms with Gasteiger partial charge in [0.25, 0.3) is 5.91 Å². The fraction of sp³-hybridized carbons (Fsp3) is 0.536. The average Bonchev–Trinajstić information content (AvgIpc) is 2.86. The van der Waals surface area contributed by atoms with Crippen LogP contribution < -0.4 is 20.3 Å². The van der Waals surface area contributed by atoms with Crippen LogP contribution in [0, 0.1) is 5.92 Å². The first-order chi connectivity index (χ1) is 17.7. The molecule has 0 unspecified atom stereocenters. The molecule has 6 N–H and O–H groups in total. The molecule has 2 aromatic rings. The van der Waals surface area contributed by atoms with E-state index in [0.29, 0.717) is 49.0 Å². The van der Waals surface area contributed by atoms with E-state index in [1.807, 2.05) is 43.3 Å². The van der Waals surface area contributed by atoms with Crippen LogP contribution in [0.1, 0.15) is 56.0 Å². The number of nitrogens with zero attached hydrogens (tertiary/aromatic N) is 1. The molecule has 1 aliphatic heterocycles. The summed E-state index contributed by atoms with van der Waals surface area (Å²) in [6.45, 7) is 8.66. The molecular formula is C28H44N4O4S. The van der Waals surface area contributed by atoms with E-state index in [1.165, 1.54) is 0 Å². The van der Waals surface area contributed by atoms with Crippen molar-refractivity contribution in [2.45, 2.75) is 58.6 Å². The van der Waals surface area contributed by atoms with Gasteiger partial charge in [-0.05, 0) is 68.8 Å². The van der Waals surface area contributed by atoms with Crippen molar-refractivity contribution in [3.63, 3.8) is 0 Å². The maximum Gasteiger partial charge on any atom is 0.251 e. The van der Waals surface area contributed by atoms with Crippen LogP contribution in [0.4, 0.5) is 11.4 Å². The Labute approximate surface area is 223 Å². The molecule has 0 bridgehead atoms. The van der Waals surface area contributed by atoms with E-state index in [9.17, 15) is 19.0 Å². The summed E-state index contributed by atoms with van der Waals surface area (Å²) in [6.07, 6.45) is 2.35. The number of aliphatic hydroxyl groups is 1. The van der Waals surface area contributed by atoms with Crippen LogP contribution in [0.2, 0.25) is 0 Å². The molecule has 9 heteroatoms. The highest BCUT2D eigenvalue weighted by atomic mass is 32.3. The molecular weight excluding hydrogens is 488 g/mol. The van der Waals surface area contributed by atoms with Crippen LogP contribution in [-0.2, 0) is 6.42 Å². The van der Waals surface area contributed by atoms with Crippen LogP contribution in [0.3, 0.4) is 0 Å². The van der Waals surface area contributed by atoms with Crippen LogP contribution >= 0.6 is 10.8 Å². The molecule has 206 valence electrons. The van der Waals surface area contributed by atoms with Gasteiger partial charge in [-0.1, -0.05) is 44.2 Å². The lowest BCUT2D eigenvalue weighted by molar-refractivity contribution is 0.0830. The SMILES string of the molecule is CCNc1cc(C(=O)N[C@@H](Cc2ccccc2)[C@H](O)CNCCC(C)C)cc(N2CCCCS2(O)O)c1. The fourth-order valence-electron chi connectivity index (χ4n) is 4.48. The summed E-state index contributed by atoms with van der Waals surface area (Å²) in [5.74, 6) is 0.590. The Bertz CT molecular complexity index is 989. The van der Waals surface area contributed by atoms with Gasteiger partial charge in [-0.15, -0.1) is 10.8 Å². The number of carbonyl (C=O) groups excluding carboxylic acids is 1. The lowest BCUT2D eigenvalue weighted by atomic mass is 10.00.